The van der Waals surface area contributed by atoms with E-state index in [9.17, 15) is 0 Å². The van der Waals surface area contributed by atoms with Crippen LogP contribution in [0.3, 0.4) is 0 Å². The van der Waals surface area contributed by atoms with Crippen molar-refractivity contribution in [2.24, 2.45) is 0 Å². The van der Waals surface area contributed by atoms with Crippen molar-refractivity contribution in [2.75, 3.05) is 19.7 Å². The highest BCUT2D eigenvalue weighted by molar-refractivity contribution is 9.10. The summed E-state index contributed by atoms with van der Waals surface area (Å²) in [7, 11) is 0. The molecule has 1 saturated heterocycles. The molecule has 0 spiro atoms. The molecule has 0 aromatic heterocycles. The van der Waals surface area contributed by atoms with Crippen LogP contribution in [0.2, 0.25) is 0 Å². The quantitative estimate of drug-likeness (QED) is 0.812. The molecule has 0 saturated carbocycles. The standard InChI is InChI=1S/C15H22BrNO/c1-2-14-7-3-4-9-17(14)10-11-18-15-8-5-6-13(16)12-15/h5-6,8,12,14H,2-4,7,9-11H2,1H3. The number of rotatable bonds is 5. The normalized spacial score (nSPS) is 20.9. The fraction of sp³-hybridized carbons (Fsp3) is 0.600. The third-order valence-corrected chi connectivity index (χ3v) is 4.16. The first-order valence-electron chi connectivity index (χ1n) is 6.92. The zero-order valence-electron chi connectivity index (χ0n) is 11.1. The van der Waals surface area contributed by atoms with Gasteiger partial charge in [0.05, 0.1) is 0 Å². The number of halogens is 1. The topological polar surface area (TPSA) is 12.5 Å². The first-order chi connectivity index (χ1) is 8.79. The first-order valence-corrected chi connectivity index (χ1v) is 7.71. The summed E-state index contributed by atoms with van der Waals surface area (Å²) >= 11 is 3.46. The minimum atomic E-state index is 0.768. The molecule has 1 aromatic rings. The van der Waals surface area contributed by atoms with Crippen LogP contribution in [0.5, 0.6) is 5.75 Å². The van der Waals surface area contributed by atoms with E-state index in [0.717, 1.165) is 29.4 Å². The molecule has 0 radical (unpaired) electrons. The van der Waals surface area contributed by atoms with E-state index >= 15 is 0 Å². The maximum atomic E-state index is 5.81. The van der Waals surface area contributed by atoms with Gasteiger partial charge in [-0.25, -0.2) is 0 Å². The van der Waals surface area contributed by atoms with E-state index in [1.807, 2.05) is 24.3 Å². The summed E-state index contributed by atoms with van der Waals surface area (Å²) < 4.78 is 6.88. The number of hydrogen-bond acceptors (Lipinski definition) is 2. The van der Waals surface area contributed by atoms with Crippen LogP contribution < -0.4 is 4.74 Å². The highest BCUT2D eigenvalue weighted by Crippen LogP contribution is 2.20. The van der Waals surface area contributed by atoms with E-state index in [1.54, 1.807) is 0 Å². The molecule has 1 fully saturated rings. The van der Waals surface area contributed by atoms with Gasteiger partial charge in [0.15, 0.2) is 0 Å². The Morgan fingerprint density at radius 1 is 1.39 bits per heavy atom. The molecule has 2 nitrogen and oxygen atoms in total. The van der Waals surface area contributed by atoms with Crippen LogP contribution in [-0.4, -0.2) is 30.6 Å². The summed E-state index contributed by atoms with van der Waals surface area (Å²) in [6, 6.07) is 8.83. The molecule has 1 heterocycles. The number of ether oxygens (including phenoxy) is 1. The largest absolute Gasteiger partial charge is 0.492 e. The predicted octanol–water partition coefficient (Wildman–Crippen LogP) is 4.09. The lowest BCUT2D eigenvalue weighted by Gasteiger charge is -2.34. The Morgan fingerprint density at radius 2 is 2.28 bits per heavy atom. The highest BCUT2D eigenvalue weighted by Gasteiger charge is 2.20. The predicted molar refractivity (Wildman–Crippen MR) is 79.1 cm³/mol. The van der Waals surface area contributed by atoms with Gasteiger partial charge in [0.1, 0.15) is 12.4 Å². The molecular weight excluding hydrogens is 290 g/mol. The van der Waals surface area contributed by atoms with Gasteiger partial charge in [0.2, 0.25) is 0 Å². The van der Waals surface area contributed by atoms with E-state index in [1.165, 1.54) is 32.2 Å². The van der Waals surface area contributed by atoms with Gasteiger partial charge in [-0.05, 0) is 44.0 Å². The molecule has 3 heteroatoms. The average molecular weight is 312 g/mol. The van der Waals surface area contributed by atoms with Crippen molar-refractivity contribution in [1.29, 1.82) is 0 Å². The number of benzene rings is 1. The molecule has 2 rings (SSSR count). The van der Waals surface area contributed by atoms with Gasteiger partial charge in [-0.1, -0.05) is 35.3 Å². The Balaban J connectivity index is 1.77. The summed E-state index contributed by atoms with van der Waals surface area (Å²) in [5, 5.41) is 0. The molecule has 0 amide bonds. The van der Waals surface area contributed by atoms with Crippen molar-refractivity contribution in [3.8, 4) is 5.75 Å². The summed E-state index contributed by atoms with van der Waals surface area (Å²) in [5.41, 5.74) is 0. The third kappa shape index (κ3) is 3.99. The Labute approximate surface area is 118 Å². The third-order valence-electron chi connectivity index (χ3n) is 3.66. The monoisotopic (exact) mass is 311 g/mol. The lowest BCUT2D eigenvalue weighted by molar-refractivity contribution is 0.120. The number of likely N-dealkylation sites (tertiary alicyclic amines) is 1. The van der Waals surface area contributed by atoms with Crippen molar-refractivity contribution >= 4 is 15.9 Å². The smallest absolute Gasteiger partial charge is 0.120 e. The van der Waals surface area contributed by atoms with E-state index in [2.05, 4.69) is 27.8 Å². The maximum Gasteiger partial charge on any atom is 0.120 e. The number of piperidine rings is 1. The van der Waals surface area contributed by atoms with Crippen molar-refractivity contribution in [3.63, 3.8) is 0 Å². The minimum absolute atomic E-state index is 0.768. The van der Waals surface area contributed by atoms with Crippen LogP contribution in [0.25, 0.3) is 0 Å². The van der Waals surface area contributed by atoms with Crippen LogP contribution in [-0.2, 0) is 0 Å². The Morgan fingerprint density at radius 3 is 3.06 bits per heavy atom. The minimum Gasteiger partial charge on any atom is -0.492 e. The van der Waals surface area contributed by atoms with Gasteiger partial charge in [-0.2, -0.15) is 0 Å². The Kier molecular flexibility index (Phi) is 5.51. The molecule has 100 valence electrons. The summed E-state index contributed by atoms with van der Waals surface area (Å²) in [4.78, 5) is 2.58. The molecule has 18 heavy (non-hydrogen) atoms. The van der Waals surface area contributed by atoms with E-state index in [0.29, 0.717) is 0 Å². The zero-order chi connectivity index (χ0) is 12.8. The second kappa shape index (κ2) is 7.15. The van der Waals surface area contributed by atoms with Crippen molar-refractivity contribution in [3.05, 3.63) is 28.7 Å². The molecular formula is C15H22BrNO. The number of hydrogen-bond donors (Lipinski definition) is 0. The fourth-order valence-electron chi connectivity index (χ4n) is 2.65. The summed E-state index contributed by atoms with van der Waals surface area (Å²) in [5.74, 6) is 0.953. The molecule has 1 aromatic carbocycles. The molecule has 1 unspecified atom stereocenters. The highest BCUT2D eigenvalue weighted by atomic mass is 79.9. The van der Waals surface area contributed by atoms with E-state index in [-0.39, 0.29) is 0 Å². The van der Waals surface area contributed by atoms with Crippen LogP contribution >= 0.6 is 15.9 Å². The first kappa shape index (κ1) is 13.9. The van der Waals surface area contributed by atoms with E-state index < -0.39 is 0 Å². The second-order valence-electron chi connectivity index (χ2n) is 4.90. The van der Waals surface area contributed by atoms with E-state index in [4.69, 9.17) is 4.74 Å². The molecule has 0 N–H and O–H groups in total. The maximum absolute atomic E-state index is 5.81. The zero-order valence-corrected chi connectivity index (χ0v) is 12.7. The molecule has 1 atom stereocenters. The Hall–Kier alpha value is -0.540. The fourth-order valence-corrected chi connectivity index (χ4v) is 3.03. The van der Waals surface area contributed by atoms with Crippen molar-refractivity contribution in [1.82, 2.24) is 4.90 Å². The summed E-state index contributed by atoms with van der Waals surface area (Å²) in [6.07, 6.45) is 5.35. The van der Waals surface area contributed by atoms with Gasteiger partial charge in [-0.15, -0.1) is 0 Å². The molecule has 1 aliphatic rings. The van der Waals surface area contributed by atoms with Crippen LogP contribution in [0.1, 0.15) is 32.6 Å². The summed E-state index contributed by atoms with van der Waals surface area (Å²) in [6.45, 7) is 5.36. The van der Waals surface area contributed by atoms with Crippen LogP contribution in [0, 0.1) is 0 Å². The van der Waals surface area contributed by atoms with Gasteiger partial charge in [0, 0.05) is 17.1 Å². The van der Waals surface area contributed by atoms with Gasteiger partial charge in [0.25, 0.3) is 0 Å². The van der Waals surface area contributed by atoms with Crippen molar-refractivity contribution in [2.45, 2.75) is 38.6 Å². The average Bonchev–Trinajstić information content (AvgIpc) is 2.39. The van der Waals surface area contributed by atoms with Gasteiger partial charge >= 0.3 is 0 Å². The SMILES string of the molecule is CCC1CCCCN1CCOc1cccc(Br)c1. The lowest BCUT2D eigenvalue weighted by Crippen LogP contribution is -2.41. The Bertz CT molecular complexity index is 369. The van der Waals surface area contributed by atoms with Gasteiger partial charge < -0.3 is 4.74 Å². The van der Waals surface area contributed by atoms with Crippen LogP contribution in [0.4, 0.5) is 0 Å². The molecule has 0 bridgehead atoms. The second-order valence-corrected chi connectivity index (χ2v) is 5.82. The number of nitrogens with zero attached hydrogens (tertiary/aromatic N) is 1. The lowest BCUT2D eigenvalue weighted by atomic mass is 10.0. The van der Waals surface area contributed by atoms with Gasteiger partial charge in [-0.3, -0.25) is 4.90 Å². The molecule has 1 aliphatic heterocycles. The van der Waals surface area contributed by atoms with Crippen LogP contribution in [0.15, 0.2) is 28.7 Å². The van der Waals surface area contributed by atoms with Crippen molar-refractivity contribution < 1.29 is 4.74 Å². The molecule has 0 aliphatic carbocycles.